The van der Waals surface area contributed by atoms with E-state index in [2.05, 4.69) is 15.2 Å². The van der Waals surface area contributed by atoms with Gasteiger partial charge in [0.05, 0.1) is 24.8 Å². The van der Waals surface area contributed by atoms with E-state index in [0.717, 1.165) is 0 Å². The van der Waals surface area contributed by atoms with Crippen molar-refractivity contribution < 1.29 is 22.7 Å². The van der Waals surface area contributed by atoms with Gasteiger partial charge in [-0.25, -0.2) is 18.6 Å². The topological polar surface area (TPSA) is 106 Å². The van der Waals surface area contributed by atoms with Crippen molar-refractivity contribution in [2.45, 2.75) is 11.8 Å². The SMILES string of the molecule is CNS(=O)(=O)c1ccc(/C(C)=N\NC(=O)c2ccc(OC)c(OC)c2)cc1. The highest BCUT2D eigenvalue weighted by atomic mass is 32.2. The Bertz CT molecular complexity index is 953. The van der Waals surface area contributed by atoms with Crippen LogP contribution in [0.4, 0.5) is 0 Å². The zero-order chi connectivity index (χ0) is 20.0. The van der Waals surface area contributed by atoms with Crippen LogP contribution in [0.1, 0.15) is 22.8 Å². The zero-order valence-corrected chi connectivity index (χ0v) is 16.3. The summed E-state index contributed by atoms with van der Waals surface area (Å²) < 4.78 is 36.0. The number of benzene rings is 2. The van der Waals surface area contributed by atoms with E-state index < -0.39 is 15.9 Å². The zero-order valence-electron chi connectivity index (χ0n) is 15.4. The highest BCUT2D eigenvalue weighted by Crippen LogP contribution is 2.27. The summed E-state index contributed by atoms with van der Waals surface area (Å²) in [6, 6.07) is 10.9. The second-order valence-corrected chi connectivity index (χ2v) is 7.33. The maximum atomic E-state index is 12.3. The summed E-state index contributed by atoms with van der Waals surface area (Å²) >= 11 is 0. The number of methoxy groups -OCH3 is 2. The lowest BCUT2D eigenvalue weighted by atomic mass is 10.1. The van der Waals surface area contributed by atoms with Crippen molar-refractivity contribution in [2.24, 2.45) is 5.10 Å². The molecule has 9 heteroatoms. The van der Waals surface area contributed by atoms with Gasteiger partial charge >= 0.3 is 0 Å². The molecule has 2 rings (SSSR count). The summed E-state index contributed by atoms with van der Waals surface area (Å²) in [4.78, 5) is 12.4. The third-order valence-electron chi connectivity index (χ3n) is 3.82. The third kappa shape index (κ3) is 4.83. The van der Waals surface area contributed by atoms with Gasteiger partial charge in [-0.2, -0.15) is 5.10 Å². The maximum absolute atomic E-state index is 12.3. The van der Waals surface area contributed by atoms with Gasteiger partial charge in [-0.15, -0.1) is 0 Å². The van der Waals surface area contributed by atoms with E-state index in [-0.39, 0.29) is 4.90 Å². The van der Waals surface area contributed by atoms with Crippen LogP contribution in [0.15, 0.2) is 52.5 Å². The number of sulfonamides is 1. The Morgan fingerprint density at radius 3 is 2.11 bits per heavy atom. The van der Waals surface area contributed by atoms with Gasteiger partial charge in [0.2, 0.25) is 10.0 Å². The van der Waals surface area contributed by atoms with Gasteiger partial charge in [0, 0.05) is 5.56 Å². The fraction of sp³-hybridized carbons (Fsp3) is 0.222. The molecule has 0 heterocycles. The molecular formula is C18H21N3O5S. The number of rotatable bonds is 7. The van der Waals surface area contributed by atoms with Gasteiger partial charge in [-0.3, -0.25) is 4.79 Å². The Morgan fingerprint density at radius 1 is 0.963 bits per heavy atom. The molecule has 0 saturated heterocycles. The Hall–Kier alpha value is -2.91. The molecule has 2 aromatic rings. The fourth-order valence-electron chi connectivity index (χ4n) is 2.23. The lowest BCUT2D eigenvalue weighted by molar-refractivity contribution is 0.0954. The van der Waals surface area contributed by atoms with Crippen LogP contribution in [0.25, 0.3) is 0 Å². The molecule has 1 amide bonds. The number of nitrogens with one attached hydrogen (secondary N) is 2. The van der Waals surface area contributed by atoms with Gasteiger partial charge in [-0.1, -0.05) is 12.1 Å². The normalized spacial score (nSPS) is 11.8. The van der Waals surface area contributed by atoms with Gasteiger partial charge in [-0.05, 0) is 49.9 Å². The van der Waals surface area contributed by atoms with Crippen molar-refractivity contribution in [3.05, 3.63) is 53.6 Å². The molecule has 0 aliphatic carbocycles. The minimum absolute atomic E-state index is 0.149. The third-order valence-corrected chi connectivity index (χ3v) is 5.25. The van der Waals surface area contributed by atoms with Crippen molar-refractivity contribution in [1.82, 2.24) is 10.1 Å². The van der Waals surface area contributed by atoms with Crippen molar-refractivity contribution >= 4 is 21.6 Å². The highest BCUT2D eigenvalue weighted by Gasteiger charge is 2.12. The second kappa shape index (κ2) is 8.65. The molecule has 27 heavy (non-hydrogen) atoms. The number of ether oxygens (including phenoxy) is 2. The first kappa shape index (κ1) is 20.4. The predicted molar refractivity (Wildman–Crippen MR) is 102 cm³/mol. The van der Waals surface area contributed by atoms with Crippen LogP contribution in [-0.4, -0.2) is 41.3 Å². The van der Waals surface area contributed by atoms with E-state index >= 15 is 0 Å². The highest BCUT2D eigenvalue weighted by molar-refractivity contribution is 7.89. The summed E-state index contributed by atoms with van der Waals surface area (Å²) in [5.41, 5.74) is 4.03. The summed E-state index contributed by atoms with van der Waals surface area (Å²) in [6.07, 6.45) is 0. The Morgan fingerprint density at radius 2 is 1.56 bits per heavy atom. The molecule has 0 bridgehead atoms. The van der Waals surface area contributed by atoms with Crippen LogP contribution in [-0.2, 0) is 10.0 Å². The first-order valence-corrected chi connectivity index (χ1v) is 9.41. The summed E-state index contributed by atoms with van der Waals surface area (Å²) in [7, 11) is 0.848. The van der Waals surface area contributed by atoms with Crippen molar-refractivity contribution in [2.75, 3.05) is 21.3 Å². The Balaban J connectivity index is 2.14. The van der Waals surface area contributed by atoms with E-state index in [1.54, 1.807) is 37.3 Å². The molecule has 144 valence electrons. The summed E-state index contributed by atoms with van der Waals surface area (Å²) in [5, 5.41) is 4.06. The van der Waals surface area contributed by atoms with Crippen molar-refractivity contribution in [3.63, 3.8) is 0 Å². The van der Waals surface area contributed by atoms with E-state index in [1.807, 2.05) is 0 Å². The molecule has 8 nitrogen and oxygen atoms in total. The number of carbonyl (C=O) groups excluding carboxylic acids is 1. The summed E-state index contributed by atoms with van der Waals surface area (Å²) in [6.45, 7) is 1.70. The quantitative estimate of drug-likeness (QED) is 0.553. The lowest BCUT2D eigenvalue weighted by Crippen LogP contribution is -2.20. The van der Waals surface area contributed by atoms with Crippen LogP contribution >= 0.6 is 0 Å². The Kier molecular flexibility index (Phi) is 6.54. The molecule has 0 aromatic heterocycles. The van der Waals surface area contributed by atoms with E-state index in [4.69, 9.17) is 9.47 Å². The van der Waals surface area contributed by atoms with Gasteiger partial charge in [0.15, 0.2) is 11.5 Å². The van der Waals surface area contributed by atoms with Crippen LogP contribution in [0.2, 0.25) is 0 Å². The average Bonchev–Trinajstić information content (AvgIpc) is 2.71. The van der Waals surface area contributed by atoms with Crippen molar-refractivity contribution in [3.8, 4) is 11.5 Å². The van der Waals surface area contributed by atoms with Crippen LogP contribution in [0, 0.1) is 0 Å². The number of hydrogen-bond acceptors (Lipinski definition) is 6. The standard InChI is InChI=1S/C18H21N3O5S/c1-12(13-5-8-15(9-6-13)27(23,24)19-2)20-21-18(22)14-7-10-16(25-3)17(11-14)26-4/h5-11,19H,1-4H3,(H,21,22)/b20-12-. The number of hydrogen-bond donors (Lipinski definition) is 2. The summed E-state index contributed by atoms with van der Waals surface area (Å²) in [5.74, 6) is 0.544. The van der Waals surface area contributed by atoms with Crippen LogP contribution in [0.5, 0.6) is 11.5 Å². The molecular weight excluding hydrogens is 370 g/mol. The molecule has 2 N–H and O–H groups in total. The minimum atomic E-state index is -3.50. The van der Waals surface area contributed by atoms with Crippen LogP contribution < -0.4 is 19.6 Å². The van der Waals surface area contributed by atoms with E-state index in [9.17, 15) is 13.2 Å². The molecule has 0 saturated carbocycles. The van der Waals surface area contributed by atoms with E-state index in [1.165, 1.54) is 33.4 Å². The molecule has 0 aliphatic rings. The molecule has 0 unspecified atom stereocenters. The fourth-order valence-corrected chi connectivity index (χ4v) is 2.96. The minimum Gasteiger partial charge on any atom is -0.493 e. The molecule has 0 aliphatic heterocycles. The lowest BCUT2D eigenvalue weighted by Gasteiger charge is -2.09. The first-order valence-electron chi connectivity index (χ1n) is 7.93. The van der Waals surface area contributed by atoms with Gasteiger partial charge in [0.1, 0.15) is 0 Å². The number of hydrazone groups is 1. The van der Waals surface area contributed by atoms with Crippen LogP contribution in [0.3, 0.4) is 0 Å². The second-order valence-electron chi connectivity index (χ2n) is 5.44. The first-order chi connectivity index (χ1) is 12.8. The predicted octanol–water partition coefficient (Wildman–Crippen LogP) is 1.77. The van der Waals surface area contributed by atoms with E-state index in [0.29, 0.717) is 28.3 Å². The van der Waals surface area contributed by atoms with Gasteiger partial charge in [0.25, 0.3) is 5.91 Å². The number of nitrogens with zero attached hydrogens (tertiary/aromatic N) is 1. The molecule has 2 aromatic carbocycles. The van der Waals surface area contributed by atoms with Gasteiger partial charge < -0.3 is 9.47 Å². The molecule has 0 spiro atoms. The van der Waals surface area contributed by atoms with Crippen molar-refractivity contribution in [1.29, 1.82) is 0 Å². The smallest absolute Gasteiger partial charge is 0.271 e. The number of amides is 1. The number of carbonyl (C=O) groups is 1. The molecule has 0 atom stereocenters. The monoisotopic (exact) mass is 391 g/mol. The molecule has 0 radical (unpaired) electrons. The Labute approximate surface area is 158 Å². The average molecular weight is 391 g/mol. The largest absolute Gasteiger partial charge is 0.493 e. The maximum Gasteiger partial charge on any atom is 0.271 e. The molecule has 0 fully saturated rings.